The molecule has 5 nitrogen and oxygen atoms in total. The minimum absolute atomic E-state index is 0.704. The van der Waals surface area contributed by atoms with Crippen LogP contribution in [-0.2, 0) is 6.42 Å². The number of nitrogens with zero attached hydrogens (tertiary/aromatic N) is 1. The molecule has 0 aliphatic carbocycles. The third-order valence-electron chi connectivity index (χ3n) is 3.25. The van der Waals surface area contributed by atoms with Gasteiger partial charge in [0.25, 0.3) is 0 Å². The van der Waals surface area contributed by atoms with Crippen LogP contribution in [0.2, 0.25) is 0 Å². The van der Waals surface area contributed by atoms with Crippen molar-refractivity contribution in [3.63, 3.8) is 0 Å². The van der Waals surface area contributed by atoms with Crippen LogP contribution < -0.4 is 15.2 Å². The predicted octanol–water partition coefficient (Wildman–Crippen LogP) is 1.87. The number of rotatable bonds is 5. The van der Waals surface area contributed by atoms with Crippen molar-refractivity contribution >= 4 is 16.7 Å². The lowest BCUT2D eigenvalue weighted by Crippen LogP contribution is -2.15. The Morgan fingerprint density at radius 1 is 1.16 bits per heavy atom. The molecule has 3 N–H and O–H groups in total. The van der Waals surface area contributed by atoms with Crippen LogP contribution in [0, 0.1) is 0 Å². The van der Waals surface area contributed by atoms with E-state index in [4.69, 9.17) is 15.2 Å². The molecule has 0 saturated heterocycles. The van der Waals surface area contributed by atoms with Crippen molar-refractivity contribution in [1.29, 1.82) is 0 Å². The third-order valence-corrected chi connectivity index (χ3v) is 3.25. The second-order valence-electron chi connectivity index (χ2n) is 4.82. The number of likely N-dealkylation sites (N-methyl/N-ethyl adjacent to an activating group) is 1. The summed E-state index contributed by atoms with van der Waals surface area (Å²) in [4.78, 5) is 5.34. The Morgan fingerprint density at radius 2 is 1.79 bits per heavy atom. The highest BCUT2D eigenvalue weighted by molar-refractivity contribution is 5.91. The van der Waals surface area contributed by atoms with E-state index in [1.165, 1.54) is 0 Å². The summed E-state index contributed by atoms with van der Waals surface area (Å²) in [7, 11) is 7.37. The summed E-state index contributed by atoms with van der Waals surface area (Å²) >= 11 is 0. The number of nitrogen functional groups attached to an aromatic ring is 1. The van der Waals surface area contributed by atoms with E-state index in [1.807, 2.05) is 12.1 Å². The Hall–Kier alpha value is -1.88. The highest BCUT2D eigenvalue weighted by atomic mass is 16.5. The van der Waals surface area contributed by atoms with E-state index >= 15 is 0 Å². The summed E-state index contributed by atoms with van der Waals surface area (Å²) < 4.78 is 10.6. The van der Waals surface area contributed by atoms with Crippen LogP contribution in [0.25, 0.3) is 10.9 Å². The molecule has 0 unspecified atom stereocenters. The molecular formula is C14H21N3O2. The van der Waals surface area contributed by atoms with Gasteiger partial charge in [0.2, 0.25) is 0 Å². The summed E-state index contributed by atoms with van der Waals surface area (Å²) in [6, 6.07) is 3.90. The fraction of sp³-hybridized carbons (Fsp3) is 0.429. The van der Waals surface area contributed by atoms with E-state index in [2.05, 4.69) is 24.0 Å². The fourth-order valence-corrected chi connectivity index (χ4v) is 2.20. The van der Waals surface area contributed by atoms with Gasteiger partial charge in [-0.25, -0.2) is 0 Å². The lowest BCUT2D eigenvalue weighted by Gasteiger charge is -2.10. The van der Waals surface area contributed by atoms with Crippen molar-refractivity contribution in [3.05, 3.63) is 17.7 Å². The Bertz CT molecular complexity index is 576. The summed E-state index contributed by atoms with van der Waals surface area (Å²) in [5.41, 5.74) is 8.17. The van der Waals surface area contributed by atoms with Gasteiger partial charge in [-0.15, -0.1) is 0 Å². The van der Waals surface area contributed by atoms with Gasteiger partial charge in [0.15, 0.2) is 11.5 Å². The smallest absolute Gasteiger partial charge is 0.162 e. The molecule has 0 atom stereocenters. The van der Waals surface area contributed by atoms with Crippen LogP contribution in [0.5, 0.6) is 11.5 Å². The van der Waals surface area contributed by atoms with Crippen LogP contribution in [0.3, 0.4) is 0 Å². The summed E-state index contributed by atoms with van der Waals surface area (Å²) in [6.45, 7) is 0.950. The first-order chi connectivity index (χ1) is 9.06. The average Bonchev–Trinajstić information content (AvgIpc) is 2.69. The molecule has 1 heterocycles. The number of anilines is 1. The molecular weight excluding hydrogens is 242 g/mol. The average molecular weight is 263 g/mol. The number of benzene rings is 1. The Labute approximate surface area is 113 Å². The Kier molecular flexibility index (Phi) is 3.85. The number of ether oxygens (including phenoxy) is 2. The molecule has 0 aliphatic heterocycles. The molecule has 0 spiro atoms. The number of fused-ring (bicyclic) bond motifs is 1. The van der Waals surface area contributed by atoms with Gasteiger partial charge in [-0.1, -0.05) is 0 Å². The van der Waals surface area contributed by atoms with Crippen LogP contribution in [0.15, 0.2) is 12.1 Å². The fourth-order valence-electron chi connectivity index (χ4n) is 2.20. The number of hydrogen-bond donors (Lipinski definition) is 2. The molecule has 19 heavy (non-hydrogen) atoms. The van der Waals surface area contributed by atoms with Crippen LogP contribution in [0.4, 0.5) is 5.82 Å². The van der Waals surface area contributed by atoms with Gasteiger partial charge in [0.1, 0.15) is 5.82 Å². The van der Waals surface area contributed by atoms with E-state index in [0.29, 0.717) is 11.6 Å². The first-order valence-electron chi connectivity index (χ1n) is 6.23. The van der Waals surface area contributed by atoms with Crippen molar-refractivity contribution < 1.29 is 9.47 Å². The molecule has 1 aromatic heterocycles. The predicted molar refractivity (Wildman–Crippen MR) is 78.1 cm³/mol. The van der Waals surface area contributed by atoms with Gasteiger partial charge in [0.05, 0.1) is 19.7 Å². The number of hydrogen-bond acceptors (Lipinski definition) is 4. The van der Waals surface area contributed by atoms with E-state index in [1.54, 1.807) is 14.2 Å². The molecule has 5 heteroatoms. The minimum atomic E-state index is 0.704. The number of methoxy groups -OCH3 is 2. The molecule has 104 valence electrons. The van der Waals surface area contributed by atoms with Crippen molar-refractivity contribution in [2.75, 3.05) is 40.6 Å². The first-order valence-corrected chi connectivity index (χ1v) is 6.23. The zero-order valence-electron chi connectivity index (χ0n) is 11.9. The zero-order valence-corrected chi connectivity index (χ0v) is 11.9. The lowest BCUT2D eigenvalue weighted by atomic mass is 10.1. The van der Waals surface area contributed by atoms with Gasteiger partial charge in [0, 0.05) is 23.6 Å². The summed E-state index contributed by atoms with van der Waals surface area (Å²) in [5, 5.41) is 1.09. The molecule has 0 radical (unpaired) electrons. The van der Waals surface area contributed by atoms with Gasteiger partial charge in [-0.05, 0) is 26.6 Å². The molecule has 0 fully saturated rings. The molecule has 0 aliphatic rings. The molecule has 0 saturated carbocycles. The van der Waals surface area contributed by atoms with Crippen LogP contribution >= 0.6 is 0 Å². The van der Waals surface area contributed by atoms with Gasteiger partial charge in [-0.2, -0.15) is 0 Å². The maximum Gasteiger partial charge on any atom is 0.162 e. The first kappa shape index (κ1) is 13.5. The molecule has 1 aromatic carbocycles. The Morgan fingerprint density at radius 3 is 2.37 bits per heavy atom. The van der Waals surface area contributed by atoms with E-state index in [-0.39, 0.29) is 0 Å². The minimum Gasteiger partial charge on any atom is -0.493 e. The maximum atomic E-state index is 6.07. The standard InChI is InChI=1S/C14H21N3O2/c1-17(2)6-5-9-10-7-12(18-3)13(19-4)8-11(10)16-14(9)15/h7-8,16H,5-6,15H2,1-4H3. The van der Waals surface area contributed by atoms with Gasteiger partial charge < -0.3 is 25.1 Å². The Balaban J connectivity index is 2.49. The number of nitrogens with two attached hydrogens (primary N) is 1. The van der Waals surface area contributed by atoms with Crippen LogP contribution in [0.1, 0.15) is 5.56 Å². The maximum absolute atomic E-state index is 6.07. The summed E-state index contributed by atoms with van der Waals surface area (Å²) in [5.74, 6) is 2.14. The molecule has 2 aromatic rings. The topological polar surface area (TPSA) is 63.5 Å². The van der Waals surface area contributed by atoms with E-state index in [9.17, 15) is 0 Å². The molecule has 2 rings (SSSR count). The molecule has 0 bridgehead atoms. The quantitative estimate of drug-likeness (QED) is 0.864. The van der Waals surface area contributed by atoms with Crippen molar-refractivity contribution in [1.82, 2.24) is 9.88 Å². The van der Waals surface area contributed by atoms with E-state index < -0.39 is 0 Å². The monoisotopic (exact) mass is 263 g/mol. The zero-order chi connectivity index (χ0) is 14.0. The second kappa shape index (κ2) is 5.40. The third kappa shape index (κ3) is 2.61. The van der Waals surface area contributed by atoms with Crippen LogP contribution in [-0.4, -0.2) is 44.7 Å². The van der Waals surface area contributed by atoms with Gasteiger partial charge >= 0.3 is 0 Å². The number of nitrogens with one attached hydrogen (secondary N) is 1. The molecule has 0 amide bonds. The summed E-state index contributed by atoms with van der Waals surface area (Å²) in [6.07, 6.45) is 0.897. The highest BCUT2D eigenvalue weighted by Crippen LogP contribution is 2.35. The number of aromatic nitrogens is 1. The largest absolute Gasteiger partial charge is 0.493 e. The van der Waals surface area contributed by atoms with Crippen molar-refractivity contribution in [3.8, 4) is 11.5 Å². The van der Waals surface area contributed by atoms with E-state index in [0.717, 1.165) is 35.2 Å². The number of aromatic amines is 1. The number of H-pyrrole nitrogens is 1. The van der Waals surface area contributed by atoms with Crippen molar-refractivity contribution in [2.45, 2.75) is 6.42 Å². The highest BCUT2D eigenvalue weighted by Gasteiger charge is 2.13. The SMILES string of the molecule is COc1cc2[nH]c(N)c(CCN(C)C)c2cc1OC. The van der Waals surface area contributed by atoms with Crippen molar-refractivity contribution in [2.24, 2.45) is 0 Å². The second-order valence-corrected chi connectivity index (χ2v) is 4.82. The normalized spacial score (nSPS) is 11.2. The van der Waals surface area contributed by atoms with Gasteiger partial charge in [-0.3, -0.25) is 0 Å². The lowest BCUT2D eigenvalue weighted by molar-refractivity contribution is 0.356.